The van der Waals surface area contributed by atoms with Gasteiger partial charge in [0.15, 0.2) is 0 Å². The van der Waals surface area contributed by atoms with Crippen LogP contribution < -0.4 is 15.4 Å². The molecular weight excluding hydrogens is 240 g/mol. The lowest BCUT2D eigenvalue weighted by atomic mass is 10.1. The zero-order valence-electron chi connectivity index (χ0n) is 10.8. The van der Waals surface area contributed by atoms with Crippen molar-refractivity contribution in [2.45, 2.75) is 12.5 Å². The number of rotatable bonds is 4. The lowest BCUT2D eigenvalue weighted by Gasteiger charge is -2.12. The predicted octanol–water partition coefficient (Wildman–Crippen LogP) is 1.93. The van der Waals surface area contributed by atoms with Crippen molar-refractivity contribution in [1.29, 1.82) is 0 Å². The summed E-state index contributed by atoms with van der Waals surface area (Å²) in [4.78, 5) is 8.47. The smallest absolute Gasteiger partial charge is 0.147 e. The van der Waals surface area contributed by atoms with Gasteiger partial charge in [0.25, 0.3) is 0 Å². The lowest BCUT2D eigenvalue weighted by molar-refractivity contribution is 0.246. The van der Waals surface area contributed by atoms with Crippen LogP contribution in [0.5, 0.6) is 5.75 Å². The van der Waals surface area contributed by atoms with E-state index in [-0.39, 0.29) is 6.10 Å². The number of benzene rings is 1. The van der Waals surface area contributed by atoms with Crippen LogP contribution in [0.1, 0.15) is 5.56 Å². The molecule has 2 aromatic rings. The molecule has 0 amide bonds. The number of ether oxygens (including phenoxy) is 1. The Morgan fingerprint density at radius 1 is 1.26 bits per heavy atom. The molecule has 1 atom stereocenters. The van der Waals surface area contributed by atoms with Crippen LogP contribution in [0.15, 0.2) is 36.7 Å². The first-order valence-corrected chi connectivity index (χ1v) is 6.33. The average molecular weight is 256 g/mol. The van der Waals surface area contributed by atoms with Crippen LogP contribution in [-0.2, 0) is 6.42 Å². The fraction of sp³-hybridized carbons (Fsp3) is 0.286. The van der Waals surface area contributed by atoms with Crippen LogP contribution in [-0.4, -0.2) is 29.7 Å². The molecule has 98 valence electrons. The highest BCUT2D eigenvalue weighted by Crippen LogP contribution is 2.28. The minimum absolute atomic E-state index is 0.150. The van der Waals surface area contributed by atoms with Gasteiger partial charge in [0.1, 0.15) is 23.5 Å². The zero-order valence-corrected chi connectivity index (χ0v) is 10.8. The topological polar surface area (TPSA) is 59.1 Å². The summed E-state index contributed by atoms with van der Waals surface area (Å²) in [6.45, 7) is 0.719. The first-order valence-electron chi connectivity index (χ1n) is 6.33. The van der Waals surface area contributed by atoms with E-state index in [0.717, 1.165) is 30.4 Å². The summed E-state index contributed by atoms with van der Waals surface area (Å²) in [6, 6.07) is 8.16. The predicted molar refractivity (Wildman–Crippen MR) is 74.6 cm³/mol. The summed E-state index contributed by atoms with van der Waals surface area (Å²) >= 11 is 0. The number of hydrogen-bond donors (Lipinski definition) is 2. The monoisotopic (exact) mass is 256 g/mol. The molecule has 1 aromatic heterocycles. The Hall–Kier alpha value is -2.30. The maximum Gasteiger partial charge on any atom is 0.147 e. The molecule has 5 heteroatoms. The first-order chi connectivity index (χ1) is 9.35. The van der Waals surface area contributed by atoms with Crippen LogP contribution in [0.4, 0.5) is 11.6 Å². The number of para-hydroxylation sites is 1. The molecule has 0 bridgehead atoms. The van der Waals surface area contributed by atoms with E-state index in [2.05, 4.69) is 26.7 Å². The molecule has 0 saturated heterocycles. The van der Waals surface area contributed by atoms with Crippen LogP contribution in [0.2, 0.25) is 0 Å². The minimum Gasteiger partial charge on any atom is -0.488 e. The van der Waals surface area contributed by atoms with Crippen LogP contribution in [0, 0.1) is 0 Å². The molecule has 19 heavy (non-hydrogen) atoms. The normalized spacial score (nSPS) is 16.6. The Labute approximate surface area is 112 Å². The summed E-state index contributed by atoms with van der Waals surface area (Å²) in [5, 5.41) is 6.22. The Bertz CT molecular complexity index is 548. The highest BCUT2D eigenvalue weighted by molar-refractivity contribution is 5.42. The van der Waals surface area contributed by atoms with Gasteiger partial charge in [0.05, 0.1) is 18.9 Å². The van der Waals surface area contributed by atoms with Crippen molar-refractivity contribution in [3.05, 3.63) is 42.2 Å². The molecule has 0 fully saturated rings. The largest absolute Gasteiger partial charge is 0.488 e. The maximum absolute atomic E-state index is 5.86. The molecule has 0 radical (unpaired) electrons. The van der Waals surface area contributed by atoms with Gasteiger partial charge in [-0.15, -0.1) is 0 Å². The number of fused-ring (bicyclic) bond motifs is 1. The highest BCUT2D eigenvalue weighted by Gasteiger charge is 2.21. The molecule has 3 rings (SSSR count). The highest BCUT2D eigenvalue weighted by atomic mass is 16.5. The maximum atomic E-state index is 5.86. The summed E-state index contributed by atoms with van der Waals surface area (Å²) in [7, 11) is 1.82. The molecule has 0 aliphatic carbocycles. The van der Waals surface area contributed by atoms with Gasteiger partial charge >= 0.3 is 0 Å². The minimum atomic E-state index is 0.150. The molecule has 1 aromatic carbocycles. The van der Waals surface area contributed by atoms with Gasteiger partial charge in [-0.3, -0.25) is 4.98 Å². The Balaban J connectivity index is 1.59. The molecular formula is C14H16N4O. The molecule has 5 nitrogen and oxygen atoms in total. The second kappa shape index (κ2) is 5.14. The van der Waals surface area contributed by atoms with E-state index < -0.39 is 0 Å². The van der Waals surface area contributed by atoms with Crippen molar-refractivity contribution < 1.29 is 4.74 Å². The fourth-order valence-electron chi connectivity index (χ4n) is 2.16. The third-order valence-electron chi connectivity index (χ3n) is 3.12. The third kappa shape index (κ3) is 2.59. The number of aromatic nitrogens is 2. The van der Waals surface area contributed by atoms with Gasteiger partial charge < -0.3 is 15.4 Å². The zero-order chi connectivity index (χ0) is 13.1. The van der Waals surface area contributed by atoms with E-state index in [0.29, 0.717) is 0 Å². The van der Waals surface area contributed by atoms with Gasteiger partial charge in [-0.25, -0.2) is 4.98 Å². The first kappa shape index (κ1) is 11.8. The van der Waals surface area contributed by atoms with Gasteiger partial charge in [-0.1, -0.05) is 18.2 Å². The second-order valence-electron chi connectivity index (χ2n) is 4.47. The Kier molecular flexibility index (Phi) is 3.18. The van der Waals surface area contributed by atoms with Crippen molar-refractivity contribution in [2.75, 3.05) is 24.2 Å². The standard InChI is InChI=1S/C14H16N4O/c1-15-13-8-16-9-14(18-13)17-7-11-6-10-4-2-3-5-12(10)19-11/h2-5,8-9,11H,6-7H2,1H3,(H2,15,17,18). The molecule has 1 aliphatic rings. The van der Waals surface area contributed by atoms with Crippen molar-refractivity contribution in [1.82, 2.24) is 9.97 Å². The van der Waals surface area contributed by atoms with Gasteiger partial charge in [-0.2, -0.15) is 0 Å². The van der Waals surface area contributed by atoms with Crippen molar-refractivity contribution >= 4 is 11.6 Å². The summed E-state index contributed by atoms with van der Waals surface area (Å²) in [5.41, 5.74) is 1.27. The van der Waals surface area contributed by atoms with E-state index in [1.165, 1.54) is 5.56 Å². The van der Waals surface area contributed by atoms with Crippen molar-refractivity contribution in [2.24, 2.45) is 0 Å². The van der Waals surface area contributed by atoms with E-state index in [9.17, 15) is 0 Å². The lowest BCUT2D eigenvalue weighted by Crippen LogP contribution is -2.24. The van der Waals surface area contributed by atoms with Gasteiger partial charge in [-0.05, 0) is 11.6 Å². The molecule has 0 spiro atoms. The summed E-state index contributed by atoms with van der Waals surface area (Å²) < 4.78 is 5.86. The quantitative estimate of drug-likeness (QED) is 0.875. The van der Waals surface area contributed by atoms with Crippen LogP contribution in [0.25, 0.3) is 0 Å². The molecule has 2 heterocycles. The van der Waals surface area contributed by atoms with Crippen molar-refractivity contribution in [3.63, 3.8) is 0 Å². The SMILES string of the molecule is CNc1cncc(NCC2Cc3ccccc3O2)n1. The van der Waals surface area contributed by atoms with Crippen LogP contribution >= 0.6 is 0 Å². The van der Waals surface area contributed by atoms with Gasteiger partial charge in [0.2, 0.25) is 0 Å². The Morgan fingerprint density at radius 3 is 2.95 bits per heavy atom. The number of nitrogens with zero attached hydrogens (tertiary/aromatic N) is 2. The summed E-state index contributed by atoms with van der Waals surface area (Å²) in [5.74, 6) is 2.50. The van der Waals surface area contributed by atoms with Gasteiger partial charge in [0, 0.05) is 13.5 Å². The summed E-state index contributed by atoms with van der Waals surface area (Å²) in [6.07, 6.45) is 4.48. The van der Waals surface area contributed by atoms with Crippen molar-refractivity contribution in [3.8, 4) is 5.75 Å². The third-order valence-corrected chi connectivity index (χ3v) is 3.12. The molecule has 1 unspecified atom stereocenters. The van der Waals surface area contributed by atoms with Crippen LogP contribution in [0.3, 0.4) is 0 Å². The number of hydrogen-bond acceptors (Lipinski definition) is 5. The molecule has 2 N–H and O–H groups in total. The van der Waals surface area contributed by atoms with E-state index in [1.54, 1.807) is 12.4 Å². The second-order valence-corrected chi connectivity index (χ2v) is 4.47. The Morgan fingerprint density at radius 2 is 2.11 bits per heavy atom. The van der Waals surface area contributed by atoms with E-state index in [4.69, 9.17) is 4.74 Å². The number of anilines is 2. The molecule has 1 aliphatic heterocycles. The molecule has 0 saturated carbocycles. The number of nitrogens with one attached hydrogen (secondary N) is 2. The average Bonchev–Trinajstić information content (AvgIpc) is 2.88. The van der Waals surface area contributed by atoms with E-state index in [1.807, 2.05) is 25.2 Å². The van der Waals surface area contributed by atoms with E-state index >= 15 is 0 Å². The fourth-order valence-corrected chi connectivity index (χ4v) is 2.16.